The lowest BCUT2D eigenvalue weighted by molar-refractivity contribution is 0.765. The molecule has 96 valence electrons. The SMILES string of the molecule is CNc1ccc(Cl)c(CSc2nnc(C)n2C)n1. The van der Waals surface area contributed by atoms with Gasteiger partial charge in [-0.15, -0.1) is 10.2 Å². The number of thioether (sulfide) groups is 1. The molecule has 7 heteroatoms. The van der Waals surface area contributed by atoms with Gasteiger partial charge in [-0.05, 0) is 19.1 Å². The van der Waals surface area contributed by atoms with Crippen LogP contribution in [0.25, 0.3) is 0 Å². The summed E-state index contributed by atoms with van der Waals surface area (Å²) in [5.74, 6) is 2.37. The fourth-order valence-corrected chi connectivity index (χ4v) is 2.53. The van der Waals surface area contributed by atoms with Gasteiger partial charge in [-0.1, -0.05) is 23.4 Å². The molecule has 0 aromatic carbocycles. The van der Waals surface area contributed by atoms with Gasteiger partial charge < -0.3 is 9.88 Å². The summed E-state index contributed by atoms with van der Waals surface area (Å²) < 4.78 is 1.94. The van der Waals surface area contributed by atoms with Crippen LogP contribution in [0.4, 0.5) is 5.82 Å². The predicted octanol–water partition coefficient (Wildman–Crippen LogP) is 2.51. The Kier molecular flexibility index (Phi) is 4.08. The van der Waals surface area contributed by atoms with Crippen LogP contribution in [0.5, 0.6) is 0 Å². The molecular formula is C11H14ClN5S. The Morgan fingerprint density at radius 3 is 2.78 bits per heavy atom. The fourth-order valence-electron chi connectivity index (χ4n) is 1.37. The molecule has 0 radical (unpaired) electrons. The summed E-state index contributed by atoms with van der Waals surface area (Å²) in [6, 6.07) is 3.70. The molecule has 2 aromatic rings. The van der Waals surface area contributed by atoms with E-state index in [4.69, 9.17) is 11.6 Å². The quantitative estimate of drug-likeness (QED) is 0.874. The molecule has 0 amide bonds. The average molecular weight is 284 g/mol. The fraction of sp³-hybridized carbons (Fsp3) is 0.364. The number of aromatic nitrogens is 4. The number of pyridine rings is 1. The van der Waals surface area contributed by atoms with E-state index in [-0.39, 0.29) is 0 Å². The number of nitrogens with zero attached hydrogens (tertiary/aromatic N) is 4. The van der Waals surface area contributed by atoms with Crippen molar-refractivity contribution in [2.24, 2.45) is 7.05 Å². The number of anilines is 1. The molecule has 2 heterocycles. The molecule has 5 nitrogen and oxygen atoms in total. The third-order valence-corrected chi connectivity index (χ3v) is 3.94. The summed E-state index contributed by atoms with van der Waals surface area (Å²) in [7, 11) is 3.77. The largest absolute Gasteiger partial charge is 0.373 e. The second-order valence-electron chi connectivity index (χ2n) is 3.75. The first-order valence-electron chi connectivity index (χ1n) is 5.43. The van der Waals surface area contributed by atoms with Gasteiger partial charge in [0.25, 0.3) is 0 Å². The number of rotatable bonds is 4. The number of aryl methyl sites for hydroxylation is 1. The lowest BCUT2D eigenvalue weighted by atomic mass is 10.3. The van der Waals surface area contributed by atoms with Crippen LogP contribution in [0.15, 0.2) is 17.3 Å². The zero-order valence-electron chi connectivity index (χ0n) is 10.4. The smallest absolute Gasteiger partial charge is 0.191 e. The van der Waals surface area contributed by atoms with Gasteiger partial charge >= 0.3 is 0 Å². The van der Waals surface area contributed by atoms with Crippen molar-refractivity contribution in [3.8, 4) is 0 Å². The minimum Gasteiger partial charge on any atom is -0.373 e. The van der Waals surface area contributed by atoms with E-state index in [1.54, 1.807) is 11.8 Å². The highest BCUT2D eigenvalue weighted by atomic mass is 35.5. The van der Waals surface area contributed by atoms with E-state index in [0.29, 0.717) is 10.8 Å². The van der Waals surface area contributed by atoms with Crippen molar-refractivity contribution in [1.29, 1.82) is 0 Å². The van der Waals surface area contributed by atoms with Crippen LogP contribution in [-0.4, -0.2) is 26.8 Å². The highest BCUT2D eigenvalue weighted by Gasteiger charge is 2.09. The molecule has 18 heavy (non-hydrogen) atoms. The van der Waals surface area contributed by atoms with Crippen LogP contribution >= 0.6 is 23.4 Å². The van der Waals surface area contributed by atoms with Gasteiger partial charge in [-0.2, -0.15) is 0 Å². The normalized spacial score (nSPS) is 10.7. The Morgan fingerprint density at radius 2 is 2.17 bits per heavy atom. The van der Waals surface area contributed by atoms with Crippen LogP contribution in [0.1, 0.15) is 11.5 Å². The third kappa shape index (κ3) is 2.76. The summed E-state index contributed by atoms with van der Waals surface area (Å²) in [5.41, 5.74) is 0.842. The minimum absolute atomic E-state index is 0.667. The molecule has 2 rings (SSSR count). The maximum atomic E-state index is 6.12. The van der Waals surface area contributed by atoms with Crippen LogP contribution in [0, 0.1) is 6.92 Å². The topological polar surface area (TPSA) is 55.6 Å². The van der Waals surface area contributed by atoms with E-state index < -0.39 is 0 Å². The molecule has 0 aliphatic heterocycles. The van der Waals surface area contributed by atoms with Gasteiger partial charge in [-0.3, -0.25) is 0 Å². The highest BCUT2D eigenvalue weighted by Crippen LogP contribution is 2.25. The summed E-state index contributed by atoms with van der Waals surface area (Å²) in [6.45, 7) is 1.92. The van der Waals surface area contributed by atoms with Gasteiger partial charge in [0.2, 0.25) is 0 Å². The Labute approximate surface area is 115 Å². The molecule has 0 saturated heterocycles. The maximum absolute atomic E-state index is 6.12. The van der Waals surface area contributed by atoms with E-state index in [1.165, 1.54) is 0 Å². The first-order chi connectivity index (χ1) is 8.61. The number of halogens is 1. The lowest BCUT2D eigenvalue weighted by Crippen LogP contribution is -1.98. The van der Waals surface area contributed by atoms with Crippen molar-refractivity contribution < 1.29 is 0 Å². The van der Waals surface area contributed by atoms with E-state index in [9.17, 15) is 0 Å². The molecule has 0 aliphatic rings. The molecule has 0 unspecified atom stereocenters. The number of hydrogen-bond donors (Lipinski definition) is 1. The van der Waals surface area contributed by atoms with Crippen LogP contribution < -0.4 is 5.32 Å². The molecule has 0 spiro atoms. The Bertz CT molecular complexity index is 554. The van der Waals surface area contributed by atoms with Gasteiger partial charge in [0.15, 0.2) is 5.16 Å². The van der Waals surface area contributed by atoms with Crippen molar-refractivity contribution >= 4 is 29.2 Å². The predicted molar refractivity (Wildman–Crippen MR) is 74.1 cm³/mol. The number of nitrogens with one attached hydrogen (secondary N) is 1. The van der Waals surface area contributed by atoms with Gasteiger partial charge in [-0.25, -0.2) is 4.98 Å². The molecule has 2 aromatic heterocycles. The molecule has 0 aliphatic carbocycles. The summed E-state index contributed by atoms with van der Waals surface area (Å²) in [5, 5.41) is 12.6. The second-order valence-corrected chi connectivity index (χ2v) is 5.10. The zero-order chi connectivity index (χ0) is 13.1. The Hall–Kier alpha value is -1.27. The Morgan fingerprint density at radius 1 is 1.39 bits per heavy atom. The monoisotopic (exact) mass is 283 g/mol. The molecule has 0 saturated carbocycles. The van der Waals surface area contributed by atoms with Gasteiger partial charge in [0.1, 0.15) is 11.6 Å². The zero-order valence-corrected chi connectivity index (χ0v) is 12.0. The van der Waals surface area contributed by atoms with E-state index in [1.807, 2.05) is 37.7 Å². The average Bonchev–Trinajstić information content (AvgIpc) is 2.69. The maximum Gasteiger partial charge on any atom is 0.191 e. The van der Waals surface area contributed by atoms with Crippen LogP contribution in [0.2, 0.25) is 5.02 Å². The lowest BCUT2D eigenvalue weighted by Gasteiger charge is -2.06. The van der Waals surface area contributed by atoms with Crippen molar-refractivity contribution in [2.45, 2.75) is 17.8 Å². The molecule has 1 N–H and O–H groups in total. The van der Waals surface area contributed by atoms with Gasteiger partial charge in [0.05, 0.1) is 10.7 Å². The van der Waals surface area contributed by atoms with E-state index in [0.717, 1.165) is 22.5 Å². The van der Waals surface area contributed by atoms with Crippen molar-refractivity contribution in [1.82, 2.24) is 19.7 Å². The molecular weight excluding hydrogens is 270 g/mol. The summed E-state index contributed by atoms with van der Waals surface area (Å²) in [4.78, 5) is 4.42. The summed E-state index contributed by atoms with van der Waals surface area (Å²) >= 11 is 7.69. The molecule has 0 bridgehead atoms. The first-order valence-corrected chi connectivity index (χ1v) is 6.80. The second kappa shape index (κ2) is 5.58. The van der Waals surface area contributed by atoms with Crippen molar-refractivity contribution in [3.63, 3.8) is 0 Å². The van der Waals surface area contributed by atoms with Crippen LogP contribution in [0.3, 0.4) is 0 Å². The van der Waals surface area contributed by atoms with Gasteiger partial charge in [0, 0.05) is 19.8 Å². The number of hydrogen-bond acceptors (Lipinski definition) is 5. The Balaban J connectivity index is 2.12. The van der Waals surface area contributed by atoms with Crippen molar-refractivity contribution in [2.75, 3.05) is 12.4 Å². The minimum atomic E-state index is 0.667. The van der Waals surface area contributed by atoms with E-state index in [2.05, 4.69) is 20.5 Å². The molecule has 0 atom stereocenters. The highest BCUT2D eigenvalue weighted by molar-refractivity contribution is 7.98. The molecule has 0 fully saturated rings. The third-order valence-electron chi connectivity index (χ3n) is 2.57. The standard InChI is InChI=1S/C11H14ClN5S/c1-7-15-16-11(17(7)3)18-6-9-8(12)4-5-10(13-2)14-9/h4-5H,6H2,1-3H3,(H,13,14). The van der Waals surface area contributed by atoms with E-state index >= 15 is 0 Å². The van der Waals surface area contributed by atoms with Crippen molar-refractivity contribution in [3.05, 3.63) is 28.7 Å². The first kappa shape index (κ1) is 13.2. The van der Waals surface area contributed by atoms with Crippen LogP contribution in [-0.2, 0) is 12.8 Å². The summed E-state index contributed by atoms with van der Waals surface area (Å²) in [6.07, 6.45) is 0.